The van der Waals surface area contributed by atoms with Gasteiger partial charge in [-0.3, -0.25) is 0 Å². The highest BCUT2D eigenvalue weighted by molar-refractivity contribution is 9.10. The minimum absolute atomic E-state index is 0.0978. The molecule has 3 aromatic rings. The van der Waals surface area contributed by atoms with E-state index in [1.54, 1.807) is 11.3 Å². The Morgan fingerprint density at radius 2 is 2.00 bits per heavy atom. The lowest BCUT2D eigenvalue weighted by atomic mass is 10.1. The standard InChI is InChI=1S/C15H14BrN3S/c1-17-15(12-9-20-10-13(12)16)14-7-8-19(18-14)11-5-3-2-4-6-11/h2-10,15,17H,1H3. The number of nitrogens with one attached hydrogen (secondary N) is 1. The first-order valence-corrected chi connectivity index (χ1v) is 8.03. The van der Waals surface area contributed by atoms with E-state index >= 15 is 0 Å². The quantitative estimate of drug-likeness (QED) is 0.772. The molecule has 0 saturated carbocycles. The fourth-order valence-electron chi connectivity index (χ4n) is 2.18. The molecule has 1 N–H and O–H groups in total. The summed E-state index contributed by atoms with van der Waals surface area (Å²) in [5.41, 5.74) is 3.30. The number of rotatable bonds is 4. The van der Waals surface area contributed by atoms with Crippen molar-refractivity contribution in [2.45, 2.75) is 6.04 Å². The van der Waals surface area contributed by atoms with Crippen LogP contribution in [0.25, 0.3) is 5.69 Å². The van der Waals surface area contributed by atoms with E-state index in [0.29, 0.717) is 0 Å². The number of para-hydroxylation sites is 1. The Morgan fingerprint density at radius 3 is 2.65 bits per heavy atom. The number of halogens is 1. The zero-order chi connectivity index (χ0) is 13.9. The van der Waals surface area contributed by atoms with Crippen molar-refractivity contribution in [3.8, 4) is 5.69 Å². The van der Waals surface area contributed by atoms with Crippen LogP contribution >= 0.6 is 27.3 Å². The third kappa shape index (κ3) is 2.57. The van der Waals surface area contributed by atoms with E-state index < -0.39 is 0 Å². The molecule has 0 aliphatic carbocycles. The van der Waals surface area contributed by atoms with Gasteiger partial charge in [0, 0.05) is 21.6 Å². The number of nitrogens with zero attached hydrogens (tertiary/aromatic N) is 2. The molecule has 0 fully saturated rings. The second kappa shape index (κ2) is 5.91. The molecule has 0 spiro atoms. The maximum absolute atomic E-state index is 4.69. The molecule has 2 aromatic heterocycles. The van der Waals surface area contributed by atoms with E-state index in [4.69, 9.17) is 0 Å². The highest BCUT2D eigenvalue weighted by Gasteiger charge is 2.18. The molecule has 0 saturated heterocycles. The molecule has 5 heteroatoms. The summed E-state index contributed by atoms with van der Waals surface area (Å²) in [5, 5.41) is 12.3. The Hall–Kier alpha value is -1.43. The normalized spacial score (nSPS) is 12.5. The van der Waals surface area contributed by atoms with Crippen LogP contribution in [-0.2, 0) is 0 Å². The topological polar surface area (TPSA) is 29.9 Å². The van der Waals surface area contributed by atoms with Crippen LogP contribution in [0.4, 0.5) is 0 Å². The van der Waals surface area contributed by atoms with Crippen molar-refractivity contribution in [1.29, 1.82) is 0 Å². The zero-order valence-corrected chi connectivity index (χ0v) is 13.4. The monoisotopic (exact) mass is 347 g/mol. The van der Waals surface area contributed by atoms with E-state index in [1.807, 2.05) is 48.3 Å². The fourth-order valence-corrected chi connectivity index (χ4v) is 3.73. The molecule has 3 rings (SSSR count). The lowest BCUT2D eigenvalue weighted by Gasteiger charge is -2.13. The van der Waals surface area contributed by atoms with Crippen molar-refractivity contribution in [3.05, 3.63) is 69.1 Å². The Bertz CT molecular complexity index is 690. The number of aromatic nitrogens is 2. The van der Waals surface area contributed by atoms with E-state index in [2.05, 4.69) is 43.2 Å². The Labute approximate surface area is 130 Å². The number of thiophene rings is 1. The highest BCUT2D eigenvalue weighted by Crippen LogP contribution is 2.30. The molecule has 0 amide bonds. The molecule has 0 radical (unpaired) electrons. The lowest BCUT2D eigenvalue weighted by Crippen LogP contribution is -2.18. The summed E-state index contributed by atoms with van der Waals surface area (Å²) in [6.07, 6.45) is 2.00. The molecule has 1 atom stereocenters. The van der Waals surface area contributed by atoms with Crippen LogP contribution in [0.2, 0.25) is 0 Å². The third-order valence-electron chi connectivity index (χ3n) is 3.17. The minimum Gasteiger partial charge on any atom is -0.308 e. The smallest absolute Gasteiger partial charge is 0.0844 e. The van der Waals surface area contributed by atoms with Gasteiger partial charge in [-0.1, -0.05) is 18.2 Å². The van der Waals surface area contributed by atoms with Gasteiger partial charge in [-0.05, 0) is 46.6 Å². The summed E-state index contributed by atoms with van der Waals surface area (Å²) in [6.45, 7) is 0. The predicted octanol–water partition coefficient (Wildman–Crippen LogP) is 4.01. The van der Waals surface area contributed by atoms with Gasteiger partial charge in [0.15, 0.2) is 0 Å². The first kappa shape index (κ1) is 13.5. The van der Waals surface area contributed by atoms with Crippen LogP contribution < -0.4 is 5.32 Å². The minimum atomic E-state index is 0.0978. The Kier molecular flexibility index (Phi) is 4.00. The van der Waals surface area contributed by atoms with Crippen molar-refractivity contribution in [2.75, 3.05) is 7.05 Å². The van der Waals surface area contributed by atoms with E-state index in [-0.39, 0.29) is 6.04 Å². The Balaban J connectivity index is 1.95. The molecule has 20 heavy (non-hydrogen) atoms. The van der Waals surface area contributed by atoms with E-state index in [0.717, 1.165) is 15.9 Å². The number of hydrogen-bond donors (Lipinski definition) is 1. The van der Waals surface area contributed by atoms with Gasteiger partial charge in [0.05, 0.1) is 17.4 Å². The molecular weight excluding hydrogens is 334 g/mol. The summed E-state index contributed by atoms with van der Waals surface area (Å²) in [7, 11) is 1.95. The summed E-state index contributed by atoms with van der Waals surface area (Å²) in [5.74, 6) is 0. The van der Waals surface area contributed by atoms with Crippen LogP contribution in [0.3, 0.4) is 0 Å². The third-order valence-corrected chi connectivity index (χ3v) is 4.92. The zero-order valence-electron chi connectivity index (χ0n) is 11.0. The van der Waals surface area contributed by atoms with Gasteiger partial charge in [0.2, 0.25) is 0 Å². The molecule has 1 unspecified atom stereocenters. The number of benzene rings is 1. The van der Waals surface area contributed by atoms with Crippen LogP contribution in [0.15, 0.2) is 57.8 Å². The summed E-state index contributed by atoms with van der Waals surface area (Å²) < 4.78 is 3.02. The van der Waals surface area contributed by atoms with Crippen molar-refractivity contribution < 1.29 is 0 Å². The van der Waals surface area contributed by atoms with Crippen LogP contribution in [0.1, 0.15) is 17.3 Å². The summed E-state index contributed by atoms with van der Waals surface area (Å²) in [4.78, 5) is 0. The SMILES string of the molecule is CNC(c1ccn(-c2ccccc2)n1)c1cscc1Br. The van der Waals surface area contributed by atoms with Gasteiger partial charge in [0.1, 0.15) is 0 Å². The van der Waals surface area contributed by atoms with Crippen molar-refractivity contribution in [2.24, 2.45) is 0 Å². The first-order valence-electron chi connectivity index (χ1n) is 6.29. The first-order chi connectivity index (χ1) is 9.79. The largest absolute Gasteiger partial charge is 0.308 e. The molecule has 1 aromatic carbocycles. The Morgan fingerprint density at radius 1 is 1.20 bits per heavy atom. The van der Waals surface area contributed by atoms with Crippen molar-refractivity contribution in [1.82, 2.24) is 15.1 Å². The van der Waals surface area contributed by atoms with Crippen LogP contribution in [-0.4, -0.2) is 16.8 Å². The maximum atomic E-state index is 4.69. The summed E-state index contributed by atoms with van der Waals surface area (Å²) in [6, 6.07) is 12.3. The average molecular weight is 348 g/mol. The molecule has 3 nitrogen and oxygen atoms in total. The van der Waals surface area contributed by atoms with Crippen LogP contribution in [0, 0.1) is 0 Å². The molecule has 2 heterocycles. The molecule has 102 valence electrons. The molecule has 0 aliphatic rings. The van der Waals surface area contributed by atoms with E-state index in [1.165, 1.54) is 5.56 Å². The van der Waals surface area contributed by atoms with Gasteiger partial charge in [0.25, 0.3) is 0 Å². The summed E-state index contributed by atoms with van der Waals surface area (Å²) >= 11 is 5.28. The average Bonchev–Trinajstić information content (AvgIpc) is 3.12. The fraction of sp³-hybridized carbons (Fsp3) is 0.133. The van der Waals surface area contributed by atoms with Crippen LogP contribution in [0.5, 0.6) is 0 Å². The molecular formula is C15H14BrN3S. The number of hydrogen-bond acceptors (Lipinski definition) is 3. The lowest BCUT2D eigenvalue weighted by molar-refractivity contribution is 0.657. The van der Waals surface area contributed by atoms with Crippen molar-refractivity contribution in [3.63, 3.8) is 0 Å². The second-order valence-electron chi connectivity index (χ2n) is 4.42. The van der Waals surface area contributed by atoms with Gasteiger partial charge >= 0.3 is 0 Å². The maximum Gasteiger partial charge on any atom is 0.0844 e. The molecule has 0 bridgehead atoms. The van der Waals surface area contributed by atoms with E-state index in [9.17, 15) is 0 Å². The van der Waals surface area contributed by atoms with Gasteiger partial charge in [-0.25, -0.2) is 4.68 Å². The van der Waals surface area contributed by atoms with Gasteiger partial charge in [-0.15, -0.1) is 0 Å². The van der Waals surface area contributed by atoms with Gasteiger partial charge < -0.3 is 5.32 Å². The molecule has 0 aliphatic heterocycles. The predicted molar refractivity (Wildman–Crippen MR) is 86.5 cm³/mol. The van der Waals surface area contributed by atoms with Crippen molar-refractivity contribution >= 4 is 27.3 Å². The highest BCUT2D eigenvalue weighted by atomic mass is 79.9. The second-order valence-corrected chi connectivity index (χ2v) is 6.02. The van der Waals surface area contributed by atoms with Gasteiger partial charge in [-0.2, -0.15) is 16.4 Å².